The van der Waals surface area contributed by atoms with Gasteiger partial charge in [0.15, 0.2) is 0 Å². The summed E-state index contributed by atoms with van der Waals surface area (Å²) in [5, 5.41) is 9.45. The van der Waals surface area contributed by atoms with E-state index in [0.29, 0.717) is 18.5 Å². The van der Waals surface area contributed by atoms with E-state index in [1.807, 2.05) is 54.8 Å². The highest BCUT2D eigenvalue weighted by Gasteiger charge is 2.40. The molecule has 1 aliphatic rings. The van der Waals surface area contributed by atoms with Crippen molar-refractivity contribution in [3.05, 3.63) is 53.3 Å². The third-order valence-electron chi connectivity index (χ3n) is 4.82. The number of carbonyl (C=O) groups is 2. The third kappa shape index (κ3) is 3.05. The summed E-state index contributed by atoms with van der Waals surface area (Å²) in [6, 6.07) is 10.8. The number of benzene rings is 1. The number of aromatic nitrogens is 1. The van der Waals surface area contributed by atoms with Crippen molar-refractivity contribution in [2.45, 2.75) is 32.4 Å². The van der Waals surface area contributed by atoms with Gasteiger partial charge in [-0.25, -0.2) is 4.79 Å². The van der Waals surface area contributed by atoms with Crippen LogP contribution in [0.1, 0.15) is 28.2 Å². The van der Waals surface area contributed by atoms with Crippen molar-refractivity contribution in [1.82, 2.24) is 9.47 Å². The first-order valence-electron chi connectivity index (χ1n) is 8.25. The van der Waals surface area contributed by atoms with Crippen LogP contribution in [0.25, 0.3) is 5.69 Å². The van der Waals surface area contributed by atoms with E-state index < -0.39 is 12.0 Å². The molecule has 2 atom stereocenters. The molecule has 1 fully saturated rings. The average Bonchev–Trinajstić information content (AvgIpc) is 3.16. The standard InChI is InChI=1S/C19H22N2O4/c1-12-9-16(13(2)21(12)14-7-5-4-6-8-14)18(22)20-11-15(25-3)10-17(20)19(23)24/h4-9,15,17H,10-11H2,1-3H3,(H,23,24). The van der Waals surface area contributed by atoms with Crippen molar-refractivity contribution in [3.8, 4) is 5.69 Å². The summed E-state index contributed by atoms with van der Waals surface area (Å²) in [4.78, 5) is 26.0. The number of hydrogen-bond acceptors (Lipinski definition) is 3. The largest absolute Gasteiger partial charge is 0.480 e. The number of carboxylic acid groups (broad SMARTS) is 1. The molecule has 1 aromatic carbocycles. The van der Waals surface area contributed by atoms with E-state index in [1.165, 1.54) is 4.90 Å². The lowest BCUT2D eigenvalue weighted by atomic mass is 10.1. The second-order valence-electron chi connectivity index (χ2n) is 6.36. The quantitative estimate of drug-likeness (QED) is 0.926. The molecule has 1 N–H and O–H groups in total. The zero-order chi connectivity index (χ0) is 18.1. The molecule has 1 saturated heterocycles. The number of likely N-dealkylation sites (tertiary alicyclic amines) is 1. The SMILES string of the molecule is COC1CC(C(=O)O)N(C(=O)c2cc(C)n(-c3ccccc3)c2C)C1. The fourth-order valence-electron chi connectivity index (χ4n) is 3.54. The molecule has 0 bridgehead atoms. The second-order valence-corrected chi connectivity index (χ2v) is 6.36. The zero-order valence-electron chi connectivity index (χ0n) is 14.6. The Kier molecular flexibility index (Phi) is 4.63. The zero-order valence-corrected chi connectivity index (χ0v) is 14.6. The van der Waals surface area contributed by atoms with E-state index in [0.717, 1.165) is 17.1 Å². The number of ether oxygens (including phenoxy) is 1. The number of amides is 1. The smallest absolute Gasteiger partial charge is 0.326 e. The third-order valence-corrected chi connectivity index (χ3v) is 4.82. The topological polar surface area (TPSA) is 71.8 Å². The Bertz CT molecular complexity index is 797. The van der Waals surface area contributed by atoms with Crippen LogP contribution in [0, 0.1) is 13.8 Å². The Morgan fingerprint density at radius 2 is 1.88 bits per heavy atom. The average molecular weight is 342 g/mol. The van der Waals surface area contributed by atoms with Gasteiger partial charge in [0.25, 0.3) is 5.91 Å². The number of hydrogen-bond donors (Lipinski definition) is 1. The lowest BCUT2D eigenvalue weighted by Crippen LogP contribution is -2.40. The van der Waals surface area contributed by atoms with Crippen LogP contribution in [0.5, 0.6) is 0 Å². The van der Waals surface area contributed by atoms with Crippen molar-refractivity contribution in [1.29, 1.82) is 0 Å². The fraction of sp³-hybridized carbons (Fsp3) is 0.368. The molecule has 0 spiro atoms. The molecule has 1 amide bonds. The molecule has 1 aliphatic heterocycles. The van der Waals surface area contributed by atoms with Gasteiger partial charge in [-0.1, -0.05) is 18.2 Å². The molecule has 3 rings (SSSR count). The van der Waals surface area contributed by atoms with Crippen LogP contribution < -0.4 is 0 Å². The summed E-state index contributed by atoms with van der Waals surface area (Å²) < 4.78 is 7.28. The fourth-order valence-corrected chi connectivity index (χ4v) is 3.54. The maximum Gasteiger partial charge on any atom is 0.326 e. The van der Waals surface area contributed by atoms with Crippen LogP contribution in [0.2, 0.25) is 0 Å². The minimum absolute atomic E-state index is 0.248. The highest BCUT2D eigenvalue weighted by Crippen LogP contribution is 2.27. The molecule has 6 heteroatoms. The lowest BCUT2D eigenvalue weighted by Gasteiger charge is -2.21. The number of nitrogens with zero attached hydrogens (tertiary/aromatic N) is 2. The molecule has 2 heterocycles. The van der Waals surface area contributed by atoms with Gasteiger partial charge < -0.3 is 19.3 Å². The van der Waals surface area contributed by atoms with E-state index in [1.54, 1.807) is 7.11 Å². The predicted molar refractivity (Wildman–Crippen MR) is 93.1 cm³/mol. The van der Waals surface area contributed by atoms with Gasteiger partial charge in [-0.05, 0) is 32.0 Å². The number of carboxylic acids is 1. The first-order valence-corrected chi connectivity index (χ1v) is 8.25. The van der Waals surface area contributed by atoms with Crippen LogP contribution in [-0.2, 0) is 9.53 Å². The predicted octanol–water partition coefficient (Wildman–Crippen LogP) is 2.41. The first kappa shape index (κ1) is 17.2. The summed E-state index contributed by atoms with van der Waals surface area (Å²) >= 11 is 0. The minimum atomic E-state index is -0.996. The van der Waals surface area contributed by atoms with Crippen LogP contribution in [-0.4, -0.2) is 52.3 Å². The van der Waals surface area contributed by atoms with E-state index in [2.05, 4.69) is 0 Å². The number of para-hydroxylation sites is 1. The van der Waals surface area contributed by atoms with Crippen LogP contribution in [0.3, 0.4) is 0 Å². The van der Waals surface area contributed by atoms with Crippen molar-refractivity contribution in [3.63, 3.8) is 0 Å². The lowest BCUT2D eigenvalue weighted by molar-refractivity contribution is -0.141. The van der Waals surface area contributed by atoms with Gasteiger partial charge in [-0.15, -0.1) is 0 Å². The number of rotatable bonds is 4. The molecule has 6 nitrogen and oxygen atoms in total. The number of methoxy groups -OCH3 is 1. The van der Waals surface area contributed by atoms with Gasteiger partial charge in [0.2, 0.25) is 0 Å². The molecule has 25 heavy (non-hydrogen) atoms. The second kappa shape index (κ2) is 6.72. The molecule has 132 valence electrons. The molecule has 0 radical (unpaired) electrons. The Morgan fingerprint density at radius 3 is 2.48 bits per heavy atom. The van der Waals surface area contributed by atoms with Crippen molar-refractivity contribution in [2.24, 2.45) is 0 Å². The van der Waals surface area contributed by atoms with E-state index in [4.69, 9.17) is 4.74 Å². The molecule has 0 saturated carbocycles. The summed E-state index contributed by atoms with van der Waals surface area (Å²) in [6.45, 7) is 4.11. The van der Waals surface area contributed by atoms with Crippen LogP contribution in [0.4, 0.5) is 0 Å². The van der Waals surface area contributed by atoms with E-state index in [9.17, 15) is 14.7 Å². The highest BCUT2D eigenvalue weighted by molar-refractivity contribution is 5.98. The minimum Gasteiger partial charge on any atom is -0.480 e. The number of aryl methyl sites for hydroxylation is 1. The molecule has 0 aliphatic carbocycles. The van der Waals surface area contributed by atoms with Crippen LogP contribution in [0.15, 0.2) is 36.4 Å². The summed E-state index contributed by atoms with van der Waals surface area (Å²) in [7, 11) is 1.54. The Hall–Kier alpha value is -2.60. The summed E-state index contributed by atoms with van der Waals surface area (Å²) in [5.41, 5.74) is 3.24. The van der Waals surface area contributed by atoms with E-state index in [-0.39, 0.29) is 12.0 Å². The molecular formula is C19H22N2O4. The van der Waals surface area contributed by atoms with Crippen molar-refractivity contribution in [2.75, 3.05) is 13.7 Å². The van der Waals surface area contributed by atoms with Gasteiger partial charge in [0.1, 0.15) is 6.04 Å². The maximum atomic E-state index is 13.0. The molecular weight excluding hydrogens is 320 g/mol. The Balaban J connectivity index is 1.97. The normalized spacial score (nSPS) is 20.0. The highest BCUT2D eigenvalue weighted by atomic mass is 16.5. The molecule has 2 unspecified atom stereocenters. The molecule has 1 aromatic heterocycles. The summed E-state index contributed by atoms with van der Waals surface area (Å²) in [6.07, 6.45) is 0.0669. The molecule has 2 aromatic rings. The van der Waals surface area contributed by atoms with Gasteiger partial charge in [-0.3, -0.25) is 4.79 Å². The monoisotopic (exact) mass is 342 g/mol. The van der Waals surface area contributed by atoms with Crippen LogP contribution >= 0.6 is 0 Å². The summed E-state index contributed by atoms with van der Waals surface area (Å²) in [5.74, 6) is -1.26. The number of carbonyl (C=O) groups excluding carboxylic acids is 1. The van der Waals surface area contributed by atoms with Crippen molar-refractivity contribution >= 4 is 11.9 Å². The van der Waals surface area contributed by atoms with Gasteiger partial charge in [0, 0.05) is 37.2 Å². The van der Waals surface area contributed by atoms with Gasteiger partial charge in [0.05, 0.1) is 11.7 Å². The Morgan fingerprint density at radius 1 is 1.20 bits per heavy atom. The van der Waals surface area contributed by atoms with E-state index >= 15 is 0 Å². The van der Waals surface area contributed by atoms with Gasteiger partial charge in [-0.2, -0.15) is 0 Å². The van der Waals surface area contributed by atoms with Gasteiger partial charge >= 0.3 is 5.97 Å². The number of aliphatic carboxylic acids is 1. The van der Waals surface area contributed by atoms with Crippen molar-refractivity contribution < 1.29 is 19.4 Å². The first-order chi connectivity index (χ1) is 11.9. The maximum absolute atomic E-state index is 13.0. The Labute approximate surface area is 146 Å².